The summed E-state index contributed by atoms with van der Waals surface area (Å²) >= 11 is 0. The highest BCUT2D eigenvalue weighted by Gasteiger charge is 2.22. The molecule has 1 aromatic heterocycles. The molecule has 3 nitrogen and oxygen atoms in total. The summed E-state index contributed by atoms with van der Waals surface area (Å²) in [6, 6.07) is 5.16. The van der Waals surface area contributed by atoms with Gasteiger partial charge in [0.25, 0.3) is 0 Å². The maximum absolute atomic E-state index is 5.47. The molecule has 0 saturated heterocycles. The zero-order valence-electron chi connectivity index (χ0n) is 11.5. The summed E-state index contributed by atoms with van der Waals surface area (Å²) in [7, 11) is 1.83. The van der Waals surface area contributed by atoms with Crippen molar-refractivity contribution in [3.05, 3.63) is 24.2 Å². The number of aryl methyl sites for hydroxylation is 1. The normalized spacial score (nSPS) is 26.1. The average molecular weight is 251 g/mol. The summed E-state index contributed by atoms with van der Waals surface area (Å²) in [4.78, 5) is 0. The molecule has 0 aliphatic heterocycles. The van der Waals surface area contributed by atoms with Crippen molar-refractivity contribution in [3.8, 4) is 0 Å². The van der Waals surface area contributed by atoms with Crippen LogP contribution in [0.4, 0.5) is 0 Å². The molecule has 0 spiro atoms. The number of ether oxygens (including phenoxy) is 1. The Morgan fingerprint density at radius 2 is 2.39 bits per heavy atom. The maximum atomic E-state index is 5.47. The second kappa shape index (κ2) is 6.95. The molecule has 0 aromatic carbocycles. The van der Waals surface area contributed by atoms with Crippen molar-refractivity contribution >= 4 is 0 Å². The summed E-state index contributed by atoms with van der Waals surface area (Å²) in [5.41, 5.74) is 0. The molecule has 18 heavy (non-hydrogen) atoms. The van der Waals surface area contributed by atoms with Crippen LogP contribution < -0.4 is 5.32 Å². The Balaban J connectivity index is 1.68. The van der Waals surface area contributed by atoms with E-state index in [1.165, 1.54) is 19.3 Å². The van der Waals surface area contributed by atoms with Crippen LogP contribution in [0.2, 0.25) is 0 Å². The number of furan rings is 1. The third kappa shape index (κ3) is 4.14. The van der Waals surface area contributed by atoms with Gasteiger partial charge in [-0.15, -0.1) is 0 Å². The molecule has 1 heterocycles. The van der Waals surface area contributed by atoms with E-state index in [0.29, 0.717) is 18.2 Å². The molecule has 1 aliphatic carbocycles. The SMILES string of the molecule is COC1CCCC(NC(C)CCc2ccco2)C1. The third-order valence-electron chi connectivity index (χ3n) is 3.88. The van der Waals surface area contributed by atoms with E-state index in [-0.39, 0.29) is 0 Å². The quantitative estimate of drug-likeness (QED) is 0.843. The zero-order chi connectivity index (χ0) is 12.8. The van der Waals surface area contributed by atoms with Crippen LogP contribution in [0.1, 0.15) is 44.8 Å². The molecule has 0 bridgehead atoms. The summed E-state index contributed by atoms with van der Waals surface area (Å²) in [5.74, 6) is 1.09. The minimum absolute atomic E-state index is 0.452. The summed E-state index contributed by atoms with van der Waals surface area (Å²) in [6.07, 6.45) is 9.28. The Morgan fingerprint density at radius 1 is 1.50 bits per heavy atom. The van der Waals surface area contributed by atoms with Gasteiger partial charge in [-0.25, -0.2) is 0 Å². The molecule has 1 saturated carbocycles. The van der Waals surface area contributed by atoms with Crippen molar-refractivity contribution in [1.82, 2.24) is 5.32 Å². The second-order valence-electron chi connectivity index (χ2n) is 5.41. The molecule has 1 aromatic rings. The minimum Gasteiger partial charge on any atom is -0.469 e. The van der Waals surface area contributed by atoms with Crippen molar-refractivity contribution in [1.29, 1.82) is 0 Å². The lowest BCUT2D eigenvalue weighted by Crippen LogP contribution is -2.41. The molecule has 0 radical (unpaired) electrons. The van der Waals surface area contributed by atoms with Crippen LogP contribution in [0.25, 0.3) is 0 Å². The second-order valence-corrected chi connectivity index (χ2v) is 5.41. The highest BCUT2D eigenvalue weighted by molar-refractivity contribution is 4.98. The number of nitrogens with one attached hydrogen (secondary N) is 1. The zero-order valence-corrected chi connectivity index (χ0v) is 11.5. The fourth-order valence-electron chi connectivity index (χ4n) is 2.81. The summed E-state index contributed by atoms with van der Waals surface area (Å²) < 4.78 is 10.8. The Kier molecular flexibility index (Phi) is 5.26. The van der Waals surface area contributed by atoms with Crippen LogP contribution in [0.5, 0.6) is 0 Å². The first-order valence-corrected chi connectivity index (χ1v) is 7.09. The number of methoxy groups -OCH3 is 1. The Labute approximate surface area is 110 Å². The van der Waals surface area contributed by atoms with Crippen LogP contribution in [0.15, 0.2) is 22.8 Å². The predicted octanol–water partition coefficient (Wildman–Crippen LogP) is 3.15. The fourth-order valence-corrected chi connectivity index (χ4v) is 2.81. The highest BCUT2D eigenvalue weighted by atomic mass is 16.5. The lowest BCUT2D eigenvalue weighted by Gasteiger charge is -2.31. The van der Waals surface area contributed by atoms with E-state index in [9.17, 15) is 0 Å². The molecule has 1 aliphatic rings. The Hall–Kier alpha value is -0.800. The molecule has 1 fully saturated rings. The molecule has 102 valence electrons. The largest absolute Gasteiger partial charge is 0.469 e. The lowest BCUT2D eigenvalue weighted by atomic mass is 9.92. The fraction of sp³-hybridized carbons (Fsp3) is 0.733. The van der Waals surface area contributed by atoms with Crippen LogP contribution in [-0.4, -0.2) is 25.3 Å². The first-order valence-electron chi connectivity index (χ1n) is 7.09. The van der Waals surface area contributed by atoms with Crippen molar-refractivity contribution < 1.29 is 9.15 Å². The van der Waals surface area contributed by atoms with Crippen molar-refractivity contribution in [2.75, 3.05) is 7.11 Å². The van der Waals surface area contributed by atoms with E-state index >= 15 is 0 Å². The standard InChI is InChI=1S/C15H25NO2/c1-12(8-9-14-7-4-10-18-14)16-13-5-3-6-15(11-13)17-2/h4,7,10,12-13,15-16H,3,5-6,8-9,11H2,1-2H3. The molecular weight excluding hydrogens is 226 g/mol. The average Bonchev–Trinajstić information content (AvgIpc) is 2.90. The van der Waals surface area contributed by atoms with Gasteiger partial charge in [0.2, 0.25) is 0 Å². The van der Waals surface area contributed by atoms with Crippen LogP contribution in [0, 0.1) is 0 Å². The number of rotatable bonds is 6. The van der Waals surface area contributed by atoms with Crippen molar-refractivity contribution in [2.24, 2.45) is 0 Å². The summed E-state index contributed by atoms with van der Waals surface area (Å²) in [5, 5.41) is 3.72. The van der Waals surface area contributed by atoms with Crippen molar-refractivity contribution in [2.45, 2.75) is 63.6 Å². The Bertz CT molecular complexity index is 323. The predicted molar refractivity (Wildman–Crippen MR) is 72.7 cm³/mol. The molecule has 3 heteroatoms. The van der Waals surface area contributed by atoms with Crippen LogP contribution in [-0.2, 0) is 11.2 Å². The van der Waals surface area contributed by atoms with Gasteiger partial charge in [-0.2, -0.15) is 0 Å². The van der Waals surface area contributed by atoms with Gasteiger partial charge >= 0.3 is 0 Å². The Morgan fingerprint density at radius 3 is 3.11 bits per heavy atom. The van der Waals surface area contributed by atoms with Gasteiger partial charge in [-0.1, -0.05) is 0 Å². The molecule has 0 amide bonds. The van der Waals surface area contributed by atoms with Crippen LogP contribution >= 0.6 is 0 Å². The minimum atomic E-state index is 0.452. The molecule has 3 atom stereocenters. The van der Waals surface area contributed by atoms with Gasteiger partial charge in [0.1, 0.15) is 5.76 Å². The highest BCUT2D eigenvalue weighted by Crippen LogP contribution is 2.21. The lowest BCUT2D eigenvalue weighted by molar-refractivity contribution is 0.0571. The van der Waals surface area contributed by atoms with Gasteiger partial charge in [-0.05, 0) is 51.2 Å². The van der Waals surface area contributed by atoms with Crippen LogP contribution in [0.3, 0.4) is 0 Å². The monoisotopic (exact) mass is 251 g/mol. The van der Waals surface area contributed by atoms with Gasteiger partial charge in [-0.3, -0.25) is 0 Å². The number of hydrogen-bond donors (Lipinski definition) is 1. The molecule has 3 unspecified atom stereocenters. The number of hydrogen-bond acceptors (Lipinski definition) is 3. The van der Waals surface area contributed by atoms with Gasteiger partial charge < -0.3 is 14.5 Å². The van der Waals surface area contributed by atoms with E-state index in [4.69, 9.17) is 9.15 Å². The van der Waals surface area contributed by atoms with Gasteiger partial charge in [0.05, 0.1) is 12.4 Å². The topological polar surface area (TPSA) is 34.4 Å². The van der Waals surface area contributed by atoms with E-state index in [2.05, 4.69) is 12.2 Å². The van der Waals surface area contributed by atoms with E-state index < -0.39 is 0 Å². The maximum Gasteiger partial charge on any atom is 0.103 e. The molecular formula is C15H25NO2. The van der Waals surface area contributed by atoms with E-state index in [1.54, 1.807) is 6.26 Å². The van der Waals surface area contributed by atoms with E-state index in [1.807, 2.05) is 19.2 Å². The van der Waals surface area contributed by atoms with Gasteiger partial charge in [0.15, 0.2) is 0 Å². The van der Waals surface area contributed by atoms with Crippen molar-refractivity contribution in [3.63, 3.8) is 0 Å². The first-order chi connectivity index (χ1) is 8.78. The smallest absolute Gasteiger partial charge is 0.103 e. The summed E-state index contributed by atoms with van der Waals surface area (Å²) in [6.45, 7) is 2.26. The molecule has 2 rings (SSSR count). The van der Waals surface area contributed by atoms with Gasteiger partial charge in [0, 0.05) is 25.6 Å². The third-order valence-corrected chi connectivity index (χ3v) is 3.88. The first kappa shape index (κ1) is 13.6. The van der Waals surface area contributed by atoms with E-state index in [0.717, 1.165) is 25.0 Å². The molecule has 1 N–H and O–H groups in total.